The topological polar surface area (TPSA) is 132 Å². The van der Waals surface area contributed by atoms with Crippen molar-refractivity contribution in [2.75, 3.05) is 33.7 Å². The van der Waals surface area contributed by atoms with Crippen molar-refractivity contribution in [2.45, 2.75) is 52.9 Å². The molecule has 1 amide bonds. The molecule has 11 nitrogen and oxygen atoms in total. The third kappa shape index (κ3) is 14.2. The summed E-state index contributed by atoms with van der Waals surface area (Å²) < 4.78 is 43.7. The van der Waals surface area contributed by atoms with Crippen molar-refractivity contribution in [3.63, 3.8) is 0 Å². The summed E-state index contributed by atoms with van der Waals surface area (Å²) in [5.41, 5.74) is 2.00. The van der Waals surface area contributed by atoms with Crippen LogP contribution in [0.3, 0.4) is 0 Å². The summed E-state index contributed by atoms with van der Waals surface area (Å²) in [4.78, 5) is 41.0. The molecule has 0 unspecified atom stereocenters. The molecule has 246 valence electrons. The number of esters is 2. The summed E-state index contributed by atoms with van der Waals surface area (Å²) >= 11 is 0. The minimum absolute atomic E-state index is 0. The van der Waals surface area contributed by atoms with E-state index in [0.717, 1.165) is 11.1 Å². The molecular formula is C33H43FN2O9. The molecule has 0 radical (unpaired) electrons. The number of carbonyl (C=O) groups is 3. The number of rotatable bonds is 16. The van der Waals surface area contributed by atoms with E-state index in [2.05, 4.69) is 10.3 Å². The largest absolute Gasteiger partial charge is 0.493 e. The van der Waals surface area contributed by atoms with Gasteiger partial charge in [-0.05, 0) is 45.4 Å². The van der Waals surface area contributed by atoms with Crippen LogP contribution in [0, 0.1) is 12.7 Å². The number of nitrogens with one attached hydrogen (secondary N) is 1. The van der Waals surface area contributed by atoms with Crippen LogP contribution in [-0.2, 0) is 35.1 Å². The molecule has 0 saturated carbocycles. The maximum Gasteiger partial charge on any atom is 0.334 e. The zero-order valence-electron chi connectivity index (χ0n) is 26.2. The molecule has 2 atom stereocenters. The number of pyridine rings is 1. The SMILES string of the molecule is CCOCC(=O)OCOc1c(OC)ccnc1C(=O)N[C@@H](C)C(=O)O[C@@H](C)CCOCc1ccccc1.Cc1ccc(F)cc1.[HH]. The van der Waals surface area contributed by atoms with Gasteiger partial charge in [0.2, 0.25) is 6.79 Å². The molecule has 0 fully saturated rings. The van der Waals surface area contributed by atoms with Crippen LogP contribution in [0.4, 0.5) is 4.39 Å². The second-order valence-electron chi connectivity index (χ2n) is 9.67. The molecule has 3 aromatic rings. The average Bonchev–Trinajstić information content (AvgIpc) is 3.04. The monoisotopic (exact) mass is 630 g/mol. The number of carbonyl (C=O) groups excluding carboxylic acids is 3. The third-order valence-electron chi connectivity index (χ3n) is 5.96. The Bertz CT molecular complexity index is 1310. The number of benzene rings is 2. The van der Waals surface area contributed by atoms with Gasteiger partial charge < -0.3 is 33.7 Å². The van der Waals surface area contributed by atoms with E-state index in [4.69, 9.17) is 28.4 Å². The molecule has 0 aliphatic heterocycles. The van der Waals surface area contributed by atoms with Crippen molar-refractivity contribution in [3.8, 4) is 11.5 Å². The lowest BCUT2D eigenvalue weighted by Crippen LogP contribution is -2.41. The fourth-order valence-corrected chi connectivity index (χ4v) is 3.50. The van der Waals surface area contributed by atoms with E-state index in [1.165, 1.54) is 38.4 Å². The van der Waals surface area contributed by atoms with Gasteiger partial charge in [0, 0.05) is 26.7 Å². The van der Waals surface area contributed by atoms with E-state index in [1.807, 2.05) is 37.3 Å². The lowest BCUT2D eigenvalue weighted by Gasteiger charge is -2.19. The Kier molecular flexibility index (Phi) is 16.6. The highest BCUT2D eigenvalue weighted by Gasteiger charge is 2.25. The van der Waals surface area contributed by atoms with Gasteiger partial charge in [-0.2, -0.15) is 0 Å². The molecule has 0 saturated heterocycles. The van der Waals surface area contributed by atoms with Crippen LogP contribution >= 0.6 is 0 Å². The van der Waals surface area contributed by atoms with Crippen molar-refractivity contribution in [1.29, 1.82) is 0 Å². The second-order valence-corrected chi connectivity index (χ2v) is 9.67. The number of aryl methyl sites for hydroxylation is 1. The molecule has 1 aromatic heterocycles. The van der Waals surface area contributed by atoms with Crippen molar-refractivity contribution in [1.82, 2.24) is 10.3 Å². The summed E-state index contributed by atoms with van der Waals surface area (Å²) in [6, 6.07) is 16.7. The Morgan fingerprint density at radius 3 is 2.36 bits per heavy atom. The van der Waals surface area contributed by atoms with Gasteiger partial charge in [-0.15, -0.1) is 0 Å². The molecule has 1 N–H and O–H groups in total. The van der Waals surface area contributed by atoms with Crippen LogP contribution in [0.1, 0.15) is 50.2 Å². The summed E-state index contributed by atoms with van der Waals surface area (Å²) in [6.45, 7) is 7.44. The average molecular weight is 631 g/mol. The number of halogens is 1. The Hall–Kier alpha value is -4.55. The van der Waals surface area contributed by atoms with Gasteiger partial charge >= 0.3 is 11.9 Å². The Morgan fingerprint density at radius 1 is 1.00 bits per heavy atom. The van der Waals surface area contributed by atoms with Gasteiger partial charge in [0.05, 0.1) is 20.3 Å². The molecule has 2 aromatic carbocycles. The number of methoxy groups -OCH3 is 1. The summed E-state index contributed by atoms with van der Waals surface area (Å²) in [5, 5.41) is 2.54. The van der Waals surface area contributed by atoms with Gasteiger partial charge in [-0.1, -0.05) is 48.0 Å². The van der Waals surface area contributed by atoms with Crippen LogP contribution in [-0.4, -0.2) is 68.7 Å². The first-order valence-electron chi connectivity index (χ1n) is 14.4. The van der Waals surface area contributed by atoms with Crippen molar-refractivity contribution in [3.05, 3.63) is 89.5 Å². The van der Waals surface area contributed by atoms with E-state index >= 15 is 0 Å². The molecule has 3 rings (SSSR count). The highest BCUT2D eigenvalue weighted by atomic mass is 19.1. The second kappa shape index (κ2) is 20.4. The first-order valence-corrected chi connectivity index (χ1v) is 14.4. The quantitative estimate of drug-likeness (QED) is 0.130. The lowest BCUT2D eigenvalue weighted by atomic mass is 10.2. The highest BCUT2D eigenvalue weighted by molar-refractivity contribution is 5.98. The molecule has 0 bridgehead atoms. The van der Waals surface area contributed by atoms with E-state index < -0.39 is 36.8 Å². The molecule has 0 aliphatic carbocycles. The number of ether oxygens (including phenoxy) is 6. The minimum Gasteiger partial charge on any atom is -0.493 e. The molecular weight excluding hydrogens is 587 g/mol. The van der Waals surface area contributed by atoms with Crippen LogP contribution in [0.15, 0.2) is 66.9 Å². The predicted octanol–water partition coefficient (Wildman–Crippen LogP) is 5.04. The fourth-order valence-electron chi connectivity index (χ4n) is 3.50. The summed E-state index contributed by atoms with van der Waals surface area (Å²) in [6.07, 6.45) is 1.43. The smallest absolute Gasteiger partial charge is 0.334 e. The van der Waals surface area contributed by atoms with Crippen molar-refractivity contribution >= 4 is 17.8 Å². The zero-order chi connectivity index (χ0) is 33.0. The lowest BCUT2D eigenvalue weighted by molar-refractivity contribution is -0.155. The summed E-state index contributed by atoms with van der Waals surface area (Å²) in [5.74, 6) is -1.96. The molecule has 0 aliphatic rings. The predicted molar refractivity (Wildman–Crippen MR) is 165 cm³/mol. The maximum atomic E-state index is 12.9. The maximum absolute atomic E-state index is 12.9. The Labute approximate surface area is 264 Å². The van der Waals surface area contributed by atoms with E-state index in [9.17, 15) is 18.8 Å². The fraction of sp³-hybridized carbons (Fsp3) is 0.394. The third-order valence-corrected chi connectivity index (χ3v) is 5.96. The van der Waals surface area contributed by atoms with Crippen molar-refractivity contribution in [2.24, 2.45) is 0 Å². The van der Waals surface area contributed by atoms with Crippen LogP contribution in [0.2, 0.25) is 0 Å². The molecule has 0 spiro atoms. The zero-order valence-corrected chi connectivity index (χ0v) is 26.2. The normalized spacial score (nSPS) is 11.7. The number of aromatic nitrogens is 1. The number of nitrogens with zero attached hydrogens (tertiary/aromatic N) is 1. The van der Waals surface area contributed by atoms with E-state index in [1.54, 1.807) is 26.0 Å². The molecule has 12 heteroatoms. The first kappa shape index (κ1) is 36.6. The first-order chi connectivity index (χ1) is 21.6. The van der Waals surface area contributed by atoms with Gasteiger partial charge in [-0.3, -0.25) is 4.79 Å². The van der Waals surface area contributed by atoms with E-state index in [-0.39, 0.29) is 31.0 Å². The Balaban J connectivity index is 0.00000102. The van der Waals surface area contributed by atoms with Crippen LogP contribution < -0.4 is 14.8 Å². The van der Waals surface area contributed by atoms with Crippen LogP contribution in [0.5, 0.6) is 11.5 Å². The Morgan fingerprint density at radius 2 is 1.71 bits per heavy atom. The number of amides is 1. The van der Waals surface area contributed by atoms with Crippen molar-refractivity contribution < 1.29 is 48.6 Å². The molecule has 45 heavy (non-hydrogen) atoms. The number of hydrogen-bond donors (Lipinski definition) is 1. The number of hydrogen-bond acceptors (Lipinski definition) is 10. The summed E-state index contributed by atoms with van der Waals surface area (Å²) in [7, 11) is 1.38. The van der Waals surface area contributed by atoms with Gasteiger partial charge in [-0.25, -0.2) is 19.0 Å². The van der Waals surface area contributed by atoms with E-state index in [0.29, 0.717) is 26.2 Å². The highest BCUT2D eigenvalue weighted by Crippen LogP contribution is 2.29. The van der Waals surface area contributed by atoms with Gasteiger partial charge in [0.25, 0.3) is 5.91 Å². The standard InChI is InChI=1S/C26H34N2O9.C7H7F.H2/c1-5-33-16-22(29)35-17-36-24-21(32-4)11-13-27-23(24)25(30)28-19(3)26(31)37-18(2)12-14-34-15-20-9-7-6-8-10-20;1-6-2-4-7(8)5-3-6;/h6-11,13,18-19H,5,12,14-17H2,1-4H3,(H,28,30);2-5H,1H3;1H/t18-,19-;;/m0../s1. The molecule has 1 heterocycles. The van der Waals surface area contributed by atoms with Crippen LogP contribution in [0.25, 0.3) is 0 Å². The van der Waals surface area contributed by atoms with Gasteiger partial charge in [0.15, 0.2) is 17.2 Å². The van der Waals surface area contributed by atoms with Gasteiger partial charge in [0.1, 0.15) is 24.6 Å². The minimum atomic E-state index is -0.968.